The minimum absolute atomic E-state index is 0. The van der Waals surface area contributed by atoms with Crippen LogP contribution >= 0.6 is 0 Å². The van der Waals surface area contributed by atoms with Crippen molar-refractivity contribution in [3.8, 4) is 0 Å². The van der Waals surface area contributed by atoms with Crippen LogP contribution in [0.25, 0.3) is 0 Å². The Labute approximate surface area is 98.6 Å². The molecule has 78 valence electrons. The van der Waals surface area contributed by atoms with E-state index in [9.17, 15) is 0 Å². The number of amidine groups is 1. The summed E-state index contributed by atoms with van der Waals surface area (Å²) in [6, 6.07) is 0.745. The van der Waals surface area contributed by atoms with E-state index in [2.05, 4.69) is 11.5 Å². The van der Waals surface area contributed by atoms with Crippen LogP contribution in [-0.2, 0) is 0 Å². The molecule has 0 aromatic carbocycles. The normalized spacial score (nSPS) is 19.5. The first kappa shape index (κ1) is 13.2. The van der Waals surface area contributed by atoms with Crippen LogP contribution in [-0.4, -0.2) is 23.0 Å². The van der Waals surface area contributed by atoms with Crippen LogP contribution in [0.5, 0.6) is 0 Å². The van der Waals surface area contributed by atoms with Gasteiger partial charge in [0.25, 0.3) is 0 Å². The largest absolute Gasteiger partial charge is 1.00 e. The molecule has 3 heteroatoms. The highest BCUT2D eigenvalue weighted by atomic mass is 127. The summed E-state index contributed by atoms with van der Waals surface area (Å²) in [5.74, 6) is 1.00. The van der Waals surface area contributed by atoms with E-state index >= 15 is 0 Å². The van der Waals surface area contributed by atoms with Crippen LogP contribution in [0.3, 0.4) is 0 Å². The van der Waals surface area contributed by atoms with Crippen molar-refractivity contribution < 1.29 is 28.6 Å². The Morgan fingerprint density at radius 3 is 2.31 bits per heavy atom. The van der Waals surface area contributed by atoms with Gasteiger partial charge in [0.2, 0.25) is 5.84 Å². The summed E-state index contributed by atoms with van der Waals surface area (Å²) >= 11 is 0. The van der Waals surface area contributed by atoms with Gasteiger partial charge >= 0.3 is 0 Å². The Morgan fingerprint density at radius 1 is 1.38 bits per heavy atom. The Kier molecular flexibility index (Phi) is 6.73. The molecule has 0 atom stereocenters. The molecule has 0 spiro atoms. The van der Waals surface area contributed by atoms with Crippen LogP contribution in [0.2, 0.25) is 0 Å². The Balaban J connectivity index is 0.00000144. The van der Waals surface area contributed by atoms with Crippen LogP contribution in [0.1, 0.15) is 46.0 Å². The van der Waals surface area contributed by atoms with Gasteiger partial charge in [-0.2, -0.15) is 0 Å². The maximum atomic E-state index is 5.85. The summed E-state index contributed by atoms with van der Waals surface area (Å²) in [4.78, 5) is 0. The van der Waals surface area contributed by atoms with Crippen LogP contribution in [0.15, 0.2) is 0 Å². The first-order valence-electron chi connectivity index (χ1n) is 5.11. The van der Waals surface area contributed by atoms with Crippen molar-refractivity contribution >= 4 is 5.84 Å². The van der Waals surface area contributed by atoms with Crippen LogP contribution < -0.4 is 29.7 Å². The molecule has 1 rings (SSSR count). The molecule has 1 saturated carbocycles. The second-order valence-corrected chi connectivity index (χ2v) is 3.77. The molecule has 0 heterocycles. The summed E-state index contributed by atoms with van der Waals surface area (Å²) < 4.78 is 2.38. The van der Waals surface area contributed by atoms with Gasteiger partial charge in [-0.15, -0.1) is 0 Å². The second kappa shape index (κ2) is 6.62. The van der Waals surface area contributed by atoms with Gasteiger partial charge in [-0.25, -0.2) is 0 Å². The molecule has 0 aliphatic heterocycles. The van der Waals surface area contributed by atoms with Crippen molar-refractivity contribution in [1.82, 2.24) is 0 Å². The Hall–Kier alpha value is 0.200. The maximum absolute atomic E-state index is 5.85. The molecule has 0 aromatic heterocycles. The second-order valence-electron chi connectivity index (χ2n) is 3.77. The van der Waals surface area contributed by atoms with Gasteiger partial charge in [-0.3, -0.25) is 10.3 Å². The molecule has 1 fully saturated rings. The van der Waals surface area contributed by atoms with E-state index in [4.69, 9.17) is 5.73 Å². The third-order valence-corrected chi connectivity index (χ3v) is 2.68. The molecule has 0 aromatic rings. The zero-order valence-electron chi connectivity index (χ0n) is 8.72. The first-order chi connectivity index (χ1) is 5.75. The third-order valence-electron chi connectivity index (χ3n) is 2.68. The SMILES string of the molecule is CCC[N+](=C(C)N)C1CCCC1.[I-]. The zero-order chi connectivity index (χ0) is 8.97. The number of nitrogens with two attached hydrogens (primary N) is 1. The molecule has 2 N–H and O–H groups in total. The van der Waals surface area contributed by atoms with Gasteiger partial charge in [0.15, 0.2) is 0 Å². The van der Waals surface area contributed by atoms with Crippen LogP contribution in [0, 0.1) is 0 Å². The molecule has 2 nitrogen and oxygen atoms in total. The summed E-state index contributed by atoms with van der Waals surface area (Å²) in [5.41, 5.74) is 5.85. The Bertz CT molecular complexity index is 168. The zero-order valence-corrected chi connectivity index (χ0v) is 10.9. The fraction of sp³-hybridized carbons (Fsp3) is 0.900. The monoisotopic (exact) mass is 296 g/mol. The van der Waals surface area contributed by atoms with Crippen molar-refractivity contribution in [3.63, 3.8) is 0 Å². The number of nitrogens with zero attached hydrogens (tertiary/aromatic N) is 1. The lowest BCUT2D eigenvalue weighted by Gasteiger charge is -2.14. The minimum Gasteiger partial charge on any atom is -1.00 e. The minimum atomic E-state index is 0. The number of hydrogen-bond acceptors (Lipinski definition) is 0. The van der Waals surface area contributed by atoms with Crippen LogP contribution in [0.4, 0.5) is 0 Å². The van der Waals surface area contributed by atoms with E-state index in [-0.39, 0.29) is 24.0 Å². The van der Waals surface area contributed by atoms with Crippen molar-refractivity contribution in [2.45, 2.75) is 52.0 Å². The maximum Gasteiger partial charge on any atom is 0.239 e. The lowest BCUT2D eigenvalue weighted by molar-refractivity contribution is -0.566. The molecule has 13 heavy (non-hydrogen) atoms. The van der Waals surface area contributed by atoms with Gasteiger partial charge < -0.3 is 24.0 Å². The highest BCUT2D eigenvalue weighted by Gasteiger charge is 2.22. The first-order valence-corrected chi connectivity index (χ1v) is 5.11. The van der Waals surface area contributed by atoms with Crippen molar-refractivity contribution in [2.24, 2.45) is 5.73 Å². The van der Waals surface area contributed by atoms with E-state index in [1.54, 1.807) is 0 Å². The van der Waals surface area contributed by atoms with E-state index in [1.807, 2.05) is 6.92 Å². The highest BCUT2D eigenvalue weighted by molar-refractivity contribution is 5.72. The molecule has 0 bridgehead atoms. The summed E-state index contributed by atoms with van der Waals surface area (Å²) in [5, 5.41) is 0. The molecular weight excluding hydrogens is 275 g/mol. The quantitative estimate of drug-likeness (QED) is 0.299. The smallest absolute Gasteiger partial charge is 0.239 e. The standard InChI is InChI=1S/C10H20N2.HI/c1-3-8-12(9(2)11)10-6-4-5-7-10;/h10-11H,3-8H2,1-2H3;1H. The molecule has 0 saturated heterocycles. The fourth-order valence-electron chi connectivity index (χ4n) is 2.10. The summed E-state index contributed by atoms with van der Waals surface area (Å²) in [7, 11) is 0. The van der Waals surface area contributed by atoms with E-state index < -0.39 is 0 Å². The molecule has 1 aliphatic rings. The topological polar surface area (TPSA) is 29.0 Å². The van der Waals surface area contributed by atoms with Crippen molar-refractivity contribution in [3.05, 3.63) is 0 Å². The third kappa shape index (κ3) is 3.83. The predicted molar refractivity (Wildman–Crippen MR) is 52.5 cm³/mol. The van der Waals surface area contributed by atoms with E-state index in [0.29, 0.717) is 0 Å². The predicted octanol–water partition coefficient (Wildman–Crippen LogP) is -1.27. The number of halogens is 1. The Morgan fingerprint density at radius 2 is 1.92 bits per heavy atom. The highest BCUT2D eigenvalue weighted by Crippen LogP contribution is 2.20. The lowest BCUT2D eigenvalue weighted by atomic mass is 10.2. The van der Waals surface area contributed by atoms with Crippen molar-refractivity contribution in [2.75, 3.05) is 6.54 Å². The average molecular weight is 296 g/mol. The van der Waals surface area contributed by atoms with Gasteiger partial charge in [0.05, 0.1) is 12.6 Å². The number of hydrogen-bond donors (Lipinski definition) is 1. The summed E-state index contributed by atoms with van der Waals surface area (Å²) in [6.45, 7) is 5.37. The average Bonchev–Trinajstić information content (AvgIpc) is 2.51. The number of rotatable bonds is 3. The van der Waals surface area contributed by atoms with Gasteiger partial charge in [-0.1, -0.05) is 6.92 Å². The van der Waals surface area contributed by atoms with Gasteiger partial charge in [0.1, 0.15) is 0 Å². The van der Waals surface area contributed by atoms with E-state index in [0.717, 1.165) is 18.4 Å². The molecule has 0 amide bonds. The lowest BCUT2D eigenvalue weighted by Crippen LogP contribution is -3.00. The molecule has 0 unspecified atom stereocenters. The summed E-state index contributed by atoms with van der Waals surface area (Å²) in [6.07, 6.45) is 6.66. The fourth-order valence-corrected chi connectivity index (χ4v) is 2.10. The van der Waals surface area contributed by atoms with Gasteiger partial charge in [0, 0.05) is 6.92 Å². The van der Waals surface area contributed by atoms with E-state index in [1.165, 1.54) is 32.1 Å². The molecular formula is C10H21IN2. The molecule has 1 aliphatic carbocycles. The van der Waals surface area contributed by atoms with Gasteiger partial charge in [-0.05, 0) is 32.1 Å². The van der Waals surface area contributed by atoms with Crippen molar-refractivity contribution in [1.29, 1.82) is 0 Å². The molecule has 0 radical (unpaired) electrons.